The maximum atomic E-state index is 13.4. The van der Waals surface area contributed by atoms with E-state index in [-0.39, 0.29) is 5.91 Å². The molecule has 0 atom stereocenters. The molecule has 1 aliphatic heterocycles. The summed E-state index contributed by atoms with van der Waals surface area (Å²) in [5.74, 6) is 1.91. The van der Waals surface area contributed by atoms with E-state index in [1.165, 1.54) is 16.2 Å². The molecule has 0 spiro atoms. The number of thiazole rings is 1. The first-order valence-electron chi connectivity index (χ1n) is 9.41. The molecule has 144 valence electrons. The molecule has 2 heterocycles. The molecule has 1 amide bonds. The number of carbonyl (C=O) groups is 1. The van der Waals surface area contributed by atoms with Crippen LogP contribution in [0.3, 0.4) is 0 Å². The highest BCUT2D eigenvalue weighted by atomic mass is 32.2. The van der Waals surface area contributed by atoms with Crippen molar-refractivity contribution in [3.05, 3.63) is 59.1 Å². The molecule has 0 saturated heterocycles. The molecule has 0 bridgehead atoms. The topological polar surface area (TPSA) is 42.4 Å². The van der Waals surface area contributed by atoms with Crippen molar-refractivity contribution in [3.8, 4) is 16.3 Å². The number of hydrogen-bond acceptors (Lipinski definition) is 5. The fourth-order valence-corrected chi connectivity index (χ4v) is 5.25. The van der Waals surface area contributed by atoms with Gasteiger partial charge in [0.2, 0.25) is 0 Å². The molecule has 0 fully saturated rings. The van der Waals surface area contributed by atoms with Gasteiger partial charge in [0, 0.05) is 17.0 Å². The Labute approximate surface area is 173 Å². The van der Waals surface area contributed by atoms with E-state index in [1.54, 1.807) is 0 Å². The molecular formula is C22H22N2O2S2. The van der Waals surface area contributed by atoms with E-state index in [4.69, 9.17) is 4.74 Å². The number of amides is 1. The van der Waals surface area contributed by atoms with Gasteiger partial charge in [-0.1, -0.05) is 12.1 Å². The van der Waals surface area contributed by atoms with Crippen molar-refractivity contribution < 1.29 is 9.53 Å². The number of ether oxygens (including phenoxy) is 1. The third-order valence-corrected chi connectivity index (χ3v) is 6.93. The van der Waals surface area contributed by atoms with Crippen LogP contribution < -0.4 is 9.64 Å². The molecule has 1 aromatic heterocycles. The predicted molar refractivity (Wildman–Crippen MR) is 117 cm³/mol. The van der Waals surface area contributed by atoms with Crippen LogP contribution in [0.4, 0.5) is 5.69 Å². The number of thioether (sulfide) groups is 1. The summed E-state index contributed by atoms with van der Waals surface area (Å²) in [5.41, 5.74) is 2.79. The van der Waals surface area contributed by atoms with E-state index >= 15 is 0 Å². The lowest BCUT2D eigenvalue weighted by molar-refractivity contribution is 0.0990. The average molecular weight is 411 g/mol. The van der Waals surface area contributed by atoms with Crippen LogP contribution in [0.2, 0.25) is 0 Å². The van der Waals surface area contributed by atoms with E-state index < -0.39 is 0 Å². The van der Waals surface area contributed by atoms with Crippen molar-refractivity contribution in [3.63, 3.8) is 0 Å². The van der Waals surface area contributed by atoms with Crippen LogP contribution in [0.1, 0.15) is 28.7 Å². The monoisotopic (exact) mass is 410 g/mol. The number of fused-ring (bicyclic) bond motifs is 1. The SMILES string of the molecule is CCOc1ccc(-c2nc(C)c(C(=O)N3CCCSc4ccccc43)s2)cc1. The second kappa shape index (κ2) is 8.37. The lowest BCUT2D eigenvalue weighted by Gasteiger charge is -2.22. The third kappa shape index (κ3) is 3.80. The van der Waals surface area contributed by atoms with Crippen LogP contribution in [-0.2, 0) is 0 Å². The summed E-state index contributed by atoms with van der Waals surface area (Å²) >= 11 is 3.28. The molecule has 28 heavy (non-hydrogen) atoms. The lowest BCUT2D eigenvalue weighted by atomic mass is 10.2. The molecular weight excluding hydrogens is 388 g/mol. The molecule has 0 radical (unpaired) electrons. The molecule has 0 saturated carbocycles. The summed E-state index contributed by atoms with van der Waals surface area (Å²) in [4.78, 5) is 21.9. The standard InChI is InChI=1S/C22H22N2O2S2/c1-3-26-17-11-9-16(10-12-17)21-23-15(2)20(28-21)22(25)24-13-6-14-27-19-8-5-4-7-18(19)24/h4-5,7-12H,3,6,13-14H2,1-2H3. The normalized spacial score (nSPS) is 13.7. The van der Waals surface area contributed by atoms with Crippen LogP contribution in [-0.4, -0.2) is 29.8 Å². The van der Waals surface area contributed by atoms with E-state index in [9.17, 15) is 4.79 Å². The van der Waals surface area contributed by atoms with Crippen molar-refractivity contribution in [2.75, 3.05) is 23.8 Å². The second-order valence-corrected chi connectivity index (χ2v) is 8.65. The minimum atomic E-state index is 0.0436. The summed E-state index contributed by atoms with van der Waals surface area (Å²) in [7, 11) is 0. The molecule has 1 aliphatic rings. The fraction of sp³-hybridized carbons (Fsp3) is 0.273. The molecule has 4 rings (SSSR count). The van der Waals surface area contributed by atoms with Gasteiger partial charge in [-0.15, -0.1) is 23.1 Å². The number of aromatic nitrogens is 1. The molecule has 6 heteroatoms. The Bertz CT molecular complexity index is 982. The van der Waals surface area contributed by atoms with Crippen molar-refractivity contribution in [2.24, 2.45) is 0 Å². The number of carbonyl (C=O) groups excluding carboxylic acids is 1. The zero-order valence-electron chi connectivity index (χ0n) is 16.0. The number of aryl methyl sites for hydroxylation is 1. The van der Waals surface area contributed by atoms with Gasteiger partial charge < -0.3 is 9.64 Å². The van der Waals surface area contributed by atoms with E-state index in [0.29, 0.717) is 11.5 Å². The number of anilines is 1. The third-order valence-electron chi connectivity index (χ3n) is 4.59. The van der Waals surface area contributed by atoms with Gasteiger partial charge >= 0.3 is 0 Å². The van der Waals surface area contributed by atoms with E-state index in [2.05, 4.69) is 11.1 Å². The Balaban J connectivity index is 1.64. The van der Waals surface area contributed by atoms with Gasteiger partial charge in [-0.05, 0) is 62.4 Å². The summed E-state index contributed by atoms with van der Waals surface area (Å²) < 4.78 is 5.51. The highest BCUT2D eigenvalue weighted by Gasteiger charge is 2.26. The second-order valence-electron chi connectivity index (χ2n) is 6.52. The molecule has 2 aromatic carbocycles. The highest BCUT2D eigenvalue weighted by molar-refractivity contribution is 7.99. The number of benzene rings is 2. The van der Waals surface area contributed by atoms with Crippen molar-refractivity contribution in [1.82, 2.24) is 4.98 Å². The number of rotatable bonds is 4. The summed E-state index contributed by atoms with van der Waals surface area (Å²) in [6.45, 7) is 5.26. The highest BCUT2D eigenvalue weighted by Crippen LogP contribution is 2.36. The first kappa shape index (κ1) is 19.0. The summed E-state index contributed by atoms with van der Waals surface area (Å²) in [6.07, 6.45) is 0.981. The smallest absolute Gasteiger partial charge is 0.270 e. The summed E-state index contributed by atoms with van der Waals surface area (Å²) in [6, 6.07) is 16.0. The quantitative estimate of drug-likeness (QED) is 0.557. The minimum absolute atomic E-state index is 0.0436. The largest absolute Gasteiger partial charge is 0.494 e. The Morgan fingerprint density at radius 2 is 1.96 bits per heavy atom. The molecule has 0 aliphatic carbocycles. The van der Waals surface area contributed by atoms with Gasteiger partial charge in [0.1, 0.15) is 15.6 Å². The number of hydrogen-bond donors (Lipinski definition) is 0. The zero-order chi connectivity index (χ0) is 19.5. The number of para-hydroxylation sites is 1. The van der Waals surface area contributed by atoms with Gasteiger partial charge in [0.05, 0.1) is 18.0 Å². The average Bonchev–Trinajstić information content (AvgIpc) is 2.97. The van der Waals surface area contributed by atoms with Gasteiger partial charge in [0.25, 0.3) is 5.91 Å². The first-order valence-corrected chi connectivity index (χ1v) is 11.2. The summed E-state index contributed by atoms with van der Waals surface area (Å²) in [5, 5.41) is 0.862. The van der Waals surface area contributed by atoms with Crippen LogP contribution >= 0.6 is 23.1 Å². The fourth-order valence-electron chi connectivity index (χ4n) is 3.24. The van der Waals surface area contributed by atoms with E-state index in [0.717, 1.165) is 46.4 Å². The van der Waals surface area contributed by atoms with Gasteiger partial charge in [0.15, 0.2) is 0 Å². The lowest BCUT2D eigenvalue weighted by Crippen LogP contribution is -2.31. The number of nitrogens with zero attached hydrogens (tertiary/aromatic N) is 2. The van der Waals surface area contributed by atoms with Crippen LogP contribution in [0.25, 0.3) is 10.6 Å². The van der Waals surface area contributed by atoms with Gasteiger partial charge in [-0.25, -0.2) is 4.98 Å². The van der Waals surface area contributed by atoms with Crippen molar-refractivity contribution >= 4 is 34.7 Å². The Morgan fingerprint density at radius 3 is 2.75 bits per heavy atom. The van der Waals surface area contributed by atoms with Gasteiger partial charge in [-0.3, -0.25) is 4.79 Å². The van der Waals surface area contributed by atoms with Crippen LogP contribution in [0.15, 0.2) is 53.4 Å². The van der Waals surface area contributed by atoms with Gasteiger partial charge in [-0.2, -0.15) is 0 Å². The molecule has 0 N–H and O–H groups in total. The van der Waals surface area contributed by atoms with Crippen molar-refractivity contribution in [1.29, 1.82) is 0 Å². The van der Waals surface area contributed by atoms with Crippen molar-refractivity contribution in [2.45, 2.75) is 25.2 Å². The molecule has 4 nitrogen and oxygen atoms in total. The maximum absolute atomic E-state index is 13.4. The Kier molecular flexibility index (Phi) is 5.69. The maximum Gasteiger partial charge on any atom is 0.270 e. The Hall–Kier alpha value is -2.31. The minimum Gasteiger partial charge on any atom is -0.494 e. The Morgan fingerprint density at radius 1 is 1.18 bits per heavy atom. The molecule has 3 aromatic rings. The molecule has 0 unspecified atom stereocenters. The van der Waals surface area contributed by atoms with Crippen LogP contribution in [0, 0.1) is 6.92 Å². The first-order chi connectivity index (χ1) is 13.7. The van der Waals surface area contributed by atoms with Crippen LogP contribution in [0.5, 0.6) is 5.75 Å². The zero-order valence-corrected chi connectivity index (χ0v) is 17.6. The van der Waals surface area contributed by atoms with E-state index in [1.807, 2.05) is 73.0 Å². The predicted octanol–water partition coefficient (Wildman–Crippen LogP) is 5.66.